The van der Waals surface area contributed by atoms with Gasteiger partial charge in [0.1, 0.15) is 11.5 Å². The van der Waals surface area contributed by atoms with Crippen molar-refractivity contribution in [2.24, 2.45) is 10.4 Å². The number of aliphatic imine (C=N–C) groups is 1. The zero-order chi connectivity index (χ0) is 19.0. The molecule has 1 aromatic carbocycles. The number of guanidine groups is 1. The fourth-order valence-electron chi connectivity index (χ4n) is 3.09. The molecule has 1 fully saturated rings. The van der Waals surface area contributed by atoms with E-state index in [2.05, 4.69) is 15.2 Å². The third kappa shape index (κ3) is 5.53. The molecule has 0 amide bonds. The van der Waals surface area contributed by atoms with Crippen molar-refractivity contribution in [3.05, 3.63) is 23.8 Å². The average molecular weight is 364 g/mol. The van der Waals surface area contributed by atoms with Crippen molar-refractivity contribution in [1.29, 1.82) is 0 Å². The highest BCUT2D eigenvalue weighted by atomic mass is 16.5. The van der Waals surface area contributed by atoms with Crippen LogP contribution in [-0.2, 0) is 11.3 Å². The van der Waals surface area contributed by atoms with E-state index in [1.54, 1.807) is 14.2 Å². The number of benzene rings is 1. The summed E-state index contributed by atoms with van der Waals surface area (Å²) in [5, 5.41) is 3.53. The van der Waals surface area contributed by atoms with Gasteiger partial charge in [-0.25, -0.2) is 0 Å². The maximum atomic E-state index is 5.52. The zero-order valence-electron chi connectivity index (χ0n) is 16.8. The van der Waals surface area contributed by atoms with E-state index < -0.39 is 0 Å². The van der Waals surface area contributed by atoms with Crippen LogP contribution in [0, 0.1) is 5.41 Å². The molecule has 2 rings (SSSR count). The first-order chi connectivity index (χ1) is 12.6. The predicted molar refractivity (Wildman–Crippen MR) is 105 cm³/mol. The summed E-state index contributed by atoms with van der Waals surface area (Å²) in [6.45, 7) is 5.32. The van der Waals surface area contributed by atoms with Gasteiger partial charge >= 0.3 is 0 Å². The monoisotopic (exact) mass is 363 g/mol. The van der Waals surface area contributed by atoms with Crippen molar-refractivity contribution in [3.8, 4) is 11.5 Å². The van der Waals surface area contributed by atoms with E-state index in [4.69, 9.17) is 14.2 Å². The first kappa shape index (κ1) is 20.4. The normalized spacial score (nSPS) is 15.5. The van der Waals surface area contributed by atoms with Crippen LogP contribution in [-0.4, -0.2) is 58.9 Å². The van der Waals surface area contributed by atoms with Crippen molar-refractivity contribution in [2.75, 3.05) is 48.1 Å². The van der Waals surface area contributed by atoms with Crippen LogP contribution in [0.4, 0.5) is 0 Å². The van der Waals surface area contributed by atoms with E-state index >= 15 is 0 Å². The zero-order valence-corrected chi connectivity index (χ0v) is 16.8. The Kier molecular flexibility index (Phi) is 7.57. The molecular weight excluding hydrogens is 330 g/mol. The van der Waals surface area contributed by atoms with Crippen LogP contribution in [0.3, 0.4) is 0 Å². The maximum Gasteiger partial charge on any atom is 0.193 e. The Balaban J connectivity index is 1.92. The van der Waals surface area contributed by atoms with Gasteiger partial charge in [-0.05, 0) is 43.7 Å². The Labute approximate surface area is 157 Å². The van der Waals surface area contributed by atoms with Gasteiger partial charge in [-0.15, -0.1) is 0 Å². The molecule has 1 saturated carbocycles. The quantitative estimate of drug-likeness (QED) is 0.393. The van der Waals surface area contributed by atoms with Crippen LogP contribution in [0.2, 0.25) is 0 Å². The minimum Gasteiger partial charge on any atom is -0.497 e. The van der Waals surface area contributed by atoms with E-state index in [-0.39, 0.29) is 0 Å². The minimum absolute atomic E-state index is 0.379. The fraction of sp³-hybridized carbons (Fsp3) is 0.650. The minimum atomic E-state index is 0.379. The average Bonchev–Trinajstić information content (AvgIpc) is 3.42. The van der Waals surface area contributed by atoms with Gasteiger partial charge < -0.3 is 24.4 Å². The molecule has 26 heavy (non-hydrogen) atoms. The second-order valence-electron chi connectivity index (χ2n) is 6.88. The highest BCUT2D eigenvalue weighted by molar-refractivity contribution is 5.79. The summed E-state index contributed by atoms with van der Waals surface area (Å²) in [5.41, 5.74) is 1.47. The molecule has 0 atom stereocenters. The van der Waals surface area contributed by atoms with Crippen LogP contribution < -0.4 is 14.8 Å². The number of nitrogens with one attached hydrogen (secondary N) is 1. The van der Waals surface area contributed by atoms with Gasteiger partial charge in [0.25, 0.3) is 0 Å². The molecule has 0 spiro atoms. The number of nitrogens with zero attached hydrogens (tertiary/aromatic N) is 2. The summed E-state index contributed by atoms with van der Waals surface area (Å²) in [6, 6.07) is 5.90. The van der Waals surface area contributed by atoms with Gasteiger partial charge in [0, 0.05) is 52.0 Å². The molecule has 6 nitrogen and oxygen atoms in total. The molecule has 0 radical (unpaired) electrons. The van der Waals surface area contributed by atoms with Crippen LogP contribution in [0.25, 0.3) is 0 Å². The Morgan fingerprint density at radius 2 is 2.04 bits per heavy atom. The molecule has 0 aliphatic heterocycles. The number of rotatable bonds is 10. The molecule has 1 N–H and O–H groups in total. The lowest BCUT2D eigenvalue weighted by atomic mass is 10.0. The lowest BCUT2D eigenvalue weighted by Crippen LogP contribution is -2.41. The third-order valence-corrected chi connectivity index (χ3v) is 5.03. The maximum absolute atomic E-state index is 5.52. The Morgan fingerprint density at radius 3 is 2.62 bits per heavy atom. The van der Waals surface area contributed by atoms with E-state index in [1.165, 1.54) is 12.8 Å². The van der Waals surface area contributed by atoms with Crippen molar-refractivity contribution in [2.45, 2.75) is 32.7 Å². The second-order valence-corrected chi connectivity index (χ2v) is 6.88. The number of methoxy groups -OCH3 is 2. The molecule has 0 saturated heterocycles. The molecule has 6 heteroatoms. The number of hydrogen-bond donors (Lipinski definition) is 1. The number of hydrogen-bond acceptors (Lipinski definition) is 4. The van der Waals surface area contributed by atoms with Gasteiger partial charge in [0.2, 0.25) is 0 Å². The van der Waals surface area contributed by atoms with Crippen LogP contribution in [0.15, 0.2) is 23.2 Å². The molecular formula is C20H33N3O3. The molecule has 1 aliphatic rings. The summed E-state index contributed by atoms with van der Waals surface area (Å²) in [7, 11) is 7.20. The third-order valence-electron chi connectivity index (χ3n) is 5.03. The second kappa shape index (κ2) is 9.67. The first-order valence-electron chi connectivity index (χ1n) is 9.28. The molecule has 0 aromatic heterocycles. The van der Waals surface area contributed by atoms with Crippen LogP contribution in [0.5, 0.6) is 11.5 Å². The molecule has 1 aromatic rings. The molecule has 0 unspecified atom stereocenters. The lowest BCUT2D eigenvalue weighted by molar-refractivity contribution is 0.128. The van der Waals surface area contributed by atoms with Crippen molar-refractivity contribution in [3.63, 3.8) is 0 Å². The van der Waals surface area contributed by atoms with E-state index in [9.17, 15) is 0 Å². The summed E-state index contributed by atoms with van der Waals surface area (Å²) in [6.07, 6.45) is 3.64. The Hall–Kier alpha value is -1.95. The SMILES string of the molecule is CCOCCC1(CNC(=NC)N(C)Cc2ccc(OC)cc2OC)CC1. The van der Waals surface area contributed by atoms with Gasteiger partial charge in [-0.1, -0.05) is 0 Å². The van der Waals surface area contributed by atoms with Gasteiger partial charge in [-0.2, -0.15) is 0 Å². The smallest absolute Gasteiger partial charge is 0.193 e. The van der Waals surface area contributed by atoms with Gasteiger partial charge in [0.15, 0.2) is 5.96 Å². The number of ether oxygens (including phenoxy) is 3. The molecule has 1 aliphatic carbocycles. The molecule has 146 valence electrons. The summed E-state index contributed by atoms with van der Waals surface area (Å²) in [5.74, 6) is 2.51. The van der Waals surface area contributed by atoms with E-state index in [0.717, 1.165) is 49.2 Å². The predicted octanol–water partition coefficient (Wildman–Crippen LogP) is 2.92. The van der Waals surface area contributed by atoms with Crippen molar-refractivity contribution < 1.29 is 14.2 Å². The van der Waals surface area contributed by atoms with Crippen molar-refractivity contribution >= 4 is 5.96 Å². The summed E-state index contributed by atoms with van der Waals surface area (Å²) >= 11 is 0. The highest BCUT2D eigenvalue weighted by Gasteiger charge is 2.42. The highest BCUT2D eigenvalue weighted by Crippen LogP contribution is 2.48. The topological polar surface area (TPSA) is 55.3 Å². The standard InChI is InChI=1S/C20H33N3O3/c1-6-26-12-11-20(9-10-20)15-22-19(21-2)23(3)14-16-7-8-17(24-4)13-18(16)25-5/h7-8,13H,6,9-12,14-15H2,1-5H3,(H,21,22). The Morgan fingerprint density at radius 1 is 1.27 bits per heavy atom. The lowest BCUT2D eigenvalue weighted by Gasteiger charge is -2.25. The van der Waals surface area contributed by atoms with Gasteiger partial charge in [-0.3, -0.25) is 4.99 Å². The van der Waals surface area contributed by atoms with Crippen LogP contribution in [0.1, 0.15) is 31.7 Å². The van der Waals surface area contributed by atoms with E-state index in [1.807, 2.05) is 39.2 Å². The van der Waals surface area contributed by atoms with Crippen LogP contribution >= 0.6 is 0 Å². The summed E-state index contributed by atoms with van der Waals surface area (Å²) in [4.78, 5) is 6.55. The fourth-order valence-corrected chi connectivity index (χ4v) is 3.09. The van der Waals surface area contributed by atoms with Crippen molar-refractivity contribution in [1.82, 2.24) is 10.2 Å². The largest absolute Gasteiger partial charge is 0.497 e. The first-order valence-corrected chi connectivity index (χ1v) is 9.28. The van der Waals surface area contributed by atoms with Gasteiger partial charge in [0.05, 0.1) is 14.2 Å². The molecule has 0 heterocycles. The molecule has 0 bridgehead atoms. The Bertz CT molecular complexity index is 600. The van der Waals surface area contributed by atoms with E-state index in [0.29, 0.717) is 12.0 Å². The summed E-state index contributed by atoms with van der Waals surface area (Å²) < 4.78 is 16.3.